The fourth-order valence-electron chi connectivity index (χ4n) is 2.87. The number of amides is 2. The van der Waals surface area contributed by atoms with Crippen LogP contribution >= 0.6 is 0 Å². The van der Waals surface area contributed by atoms with Crippen molar-refractivity contribution < 1.29 is 18.9 Å². The van der Waals surface area contributed by atoms with Gasteiger partial charge in [-0.05, 0) is 37.3 Å². The number of nitro benzene ring substituents is 1. The highest BCUT2D eigenvalue weighted by Crippen LogP contribution is 2.30. The number of carbonyl (C=O) groups is 2. The van der Waals surface area contributed by atoms with Crippen molar-refractivity contribution in [2.24, 2.45) is 5.92 Å². The Morgan fingerprint density at radius 1 is 1.27 bits per heavy atom. The van der Waals surface area contributed by atoms with Crippen LogP contribution in [0.3, 0.4) is 0 Å². The molecule has 2 amide bonds. The second-order valence-corrected chi connectivity index (χ2v) is 6.13. The molecule has 1 aliphatic rings. The molecule has 2 aromatic carbocycles. The number of hydrogen-bond donors (Lipinski definition) is 1. The number of benzene rings is 2. The van der Waals surface area contributed by atoms with Crippen molar-refractivity contribution in [3.63, 3.8) is 0 Å². The topological polar surface area (TPSA) is 92.6 Å². The number of anilines is 2. The number of carbonyl (C=O) groups excluding carboxylic acids is 2. The van der Waals surface area contributed by atoms with Crippen molar-refractivity contribution in [1.29, 1.82) is 0 Å². The molecule has 3 rings (SSSR count). The zero-order chi connectivity index (χ0) is 18.8. The average molecular weight is 357 g/mol. The molecule has 0 aliphatic carbocycles. The molecule has 0 unspecified atom stereocenters. The molecule has 134 valence electrons. The van der Waals surface area contributed by atoms with Crippen LogP contribution in [0.4, 0.5) is 21.5 Å². The van der Waals surface area contributed by atoms with E-state index in [1.54, 1.807) is 19.1 Å². The van der Waals surface area contributed by atoms with Crippen molar-refractivity contribution in [3.8, 4) is 0 Å². The van der Waals surface area contributed by atoms with E-state index in [0.717, 1.165) is 0 Å². The number of nitrogens with one attached hydrogen (secondary N) is 1. The molecule has 26 heavy (non-hydrogen) atoms. The Morgan fingerprint density at radius 3 is 2.62 bits per heavy atom. The van der Waals surface area contributed by atoms with E-state index in [1.165, 1.54) is 35.2 Å². The van der Waals surface area contributed by atoms with Crippen LogP contribution in [0.1, 0.15) is 12.0 Å². The Bertz CT molecular complexity index is 883. The fraction of sp³-hybridized carbons (Fsp3) is 0.222. The van der Waals surface area contributed by atoms with Gasteiger partial charge in [0.25, 0.3) is 5.69 Å². The summed E-state index contributed by atoms with van der Waals surface area (Å²) in [5, 5.41) is 13.7. The van der Waals surface area contributed by atoms with Crippen LogP contribution in [0.15, 0.2) is 42.5 Å². The Hall–Kier alpha value is -3.29. The quantitative estimate of drug-likeness (QED) is 0.672. The van der Waals surface area contributed by atoms with Crippen molar-refractivity contribution in [2.75, 3.05) is 16.8 Å². The van der Waals surface area contributed by atoms with Gasteiger partial charge in [-0.25, -0.2) is 4.39 Å². The second-order valence-electron chi connectivity index (χ2n) is 6.13. The highest BCUT2D eigenvalue weighted by Gasteiger charge is 2.35. The van der Waals surface area contributed by atoms with E-state index in [2.05, 4.69) is 5.32 Å². The second kappa shape index (κ2) is 6.91. The maximum atomic E-state index is 12.9. The number of halogens is 1. The molecule has 0 bridgehead atoms. The predicted octanol–water partition coefficient (Wildman–Crippen LogP) is 3.03. The predicted molar refractivity (Wildman–Crippen MR) is 93.3 cm³/mol. The summed E-state index contributed by atoms with van der Waals surface area (Å²) in [4.78, 5) is 36.6. The lowest BCUT2D eigenvalue weighted by Gasteiger charge is -2.17. The molecule has 1 atom stereocenters. The Kier molecular flexibility index (Phi) is 4.66. The highest BCUT2D eigenvalue weighted by molar-refractivity contribution is 6.03. The van der Waals surface area contributed by atoms with Crippen LogP contribution in [0, 0.1) is 28.8 Å². The summed E-state index contributed by atoms with van der Waals surface area (Å²) < 4.78 is 12.9. The third kappa shape index (κ3) is 3.53. The zero-order valence-corrected chi connectivity index (χ0v) is 13.9. The van der Waals surface area contributed by atoms with Gasteiger partial charge in [0.05, 0.1) is 16.5 Å². The Balaban J connectivity index is 1.74. The van der Waals surface area contributed by atoms with Crippen molar-refractivity contribution >= 4 is 28.9 Å². The Labute approximate surface area is 148 Å². The van der Waals surface area contributed by atoms with Gasteiger partial charge >= 0.3 is 0 Å². The van der Waals surface area contributed by atoms with Gasteiger partial charge in [0, 0.05) is 30.3 Å². The van der Waals surface area contributed by atoms with Crippen LogP contribution in [-0.2, 0) is 9.59 Å². The van der Waals surface area contributed by atoms with E-state index in [-0.39, 0.29) is 30.5 Å². The van der Waals surface area contributed by atoms with E-state index >= 15 is 0 Å². The van der Waals surface area contributed by atoms with Crippen LogP contribution in [0.2, 0.25) is 0 Å². The molecule has 1 fully saturated rings. The summed E-state index contributed by atoms with van der Waals surface area (Å²) in [7, 11) is 0. The first-order valence-electron chi connectivity index (χ1n) is 7.97. The maximum absolute atomic E-state index is 12.9. The fourth-order valence-corrected chi connectivity index (χ4v) is 2.87. The van der Waals surface area contributed by atoms with Crippen LogP contribution in [0.5, 0.6) is 0 Å². The largest absolute Gasteiger partial charge is 0.326 e. The molecule has 8 heteroatoms. The summed E-state index contributed by atoms with van der Waals surface area (Å²) in [6.07, 6.45) is 0.00863. The third-order valence-corrected chi connectivity index (χ3v) is 4.31. The normalized spacial score (nSPS) is 16.6. The molecule has 2 aromatic rings. The lowest BCUT2D eigenvalue weighted by molar-refractivity contribution is -0.385. The van der Waals surface area contributed by atoms with Gasteiger partial charge in [-0.1, -0.05) is 6.07 Å². The van der Waals surface area contributed by atoms with Crippen molar-refractivity contribution in [2.45, 2.75) is 13.3 Å². The number of rotatable bonds is 4. The minimum atomic E-state index is -0.590. The molecule has 1 N–H and O–H groups in total. The van der Waals surface area contributed by atoms with Gasteiger partial charge in [-0.2, -0.15) is 0 Å². The van der Waals surface area contributed by atoms with Gasteiger partial charge in [0.1, 0.15) is 5.82 Å². The molecular formula is C18H16FN3O4. The minimum absolute atomic E-state index is 0.00863. The van der Waals surface area contributed by atoms with Crippen LogP contribution < -0.4 is 10.2 Å². The van der Waals surface area contributed by atoms with Gasteiger partial charge in [-0.15, -0.1) is 0 Å². The smallest absolute Gasteiger partial charge is 0.274 e. The highest BCUT2D eigenvalue weighted by atomic mass is 19.1. The lowest BCUT2D eigenvalue weighted by atomic mass is 10.1. The van der Waals surface area contributed by atoms with Gasteiger partial charge < -0.3 is 10.2 Å². The monoisotopic (exact) mass is 357 g/mol. The number of nitro groups is 1. The third-order valence-electron chi connectivity index (χ3n) is 4.31. The summed E-state index contributed by atoms with van der Waals surface area (Å²) in [5.74, 6) is -1.63. The first-order valence-corrected chi connectivity index (χ1v) is 7.97. The van der Waals surface area contributed by atoms with E-state index in [9.17, 15) is 24.1 Å². The summed E-state index contributed by atoms with van der Waals surface area (Å²) in [5.41, 5.74) is 1.25. The molecule has 1 saturated heterocycles. The van der Waals surface area contributed by atoms with Crippen molar-refractivity contribution in [1.82, 2.24) is 0 Å². The zero-order valence-electron chi connectivity index (χ0n) is 13.9. The molecule has 1 heterocycles. The van der Waals surface area contributed by atoms with Gasteiger partial charge in [0.2, 0.25) is 11.8 Å². The van der Waals surface area contributed by atoms with Crippen LogP contribution in [0.25, 0.3) is 0 Å². The molecule has 1 aliphatic heterocycles. The van der Waals surface area contributed by atoms with Gasteiger partial charge in [-0.3, -0.25) is 19.7 Å². The summed E-state index contributed by atoms with van der Waals surface area (Å²) in [6.45, 7) is 1.75. The first-order chi connectivity index (χ1) is 12.3. The van der Waals surface area contributed by atoms with E-state index < -0.39 is 16.7 Å². The van der Waals surface area contributed by atoms with Crippen LogP contribution in [-0.4, -0.2) is 23.3 Å². The minimum Gasteiger partial charge on any atom is -0.326 e. The molecule has 0 radical (unpaired) electrons. The molecule has 0 saturated carbocycles. The summed E-state index contributed by atoms with van der Waals surface area (Å²) >= 11 is 0. The molecule has 7 nitrogen and oxygen atoms in total. The van der Waals surface area contributed by atoms with E-state index in [4.69, 9.17) is 0 Å². The van der Waals surface area contributed by atoms with Crippen molar-refractivity contribution in [3.05, 3.63) is 64.0 Å². The van der Waals surface area contributed by atoms with E-state index in [0.29, 0.717) is 16.9 Å². The summed E-state index contributed by atoms with van der Waals surface area (Å²) in [6, 6.07) is 9.87. The Morgan fingerprint density at radius 2 is 1.96 bits per heavy atom. The van der Waals surface area contributed by atoms with Gasteiger partial charge in [0.15, 0.2) is 0 Å². The number of hydrogen-bond acceptors (Lipinski definition) is 4. The standard InChI is InChI=1S/C18H16FN3O4/c1-11-2-7-15(9-16(11)22(25)26)21-10-12(8-17(21)23)18(24)20-14-5-3-13(19)4-6-14/h2-7,9,12H,8,10H2,1H3,(H,20,24)/t12-/m0/s1. The first kappa shape index (κ1) is 17.5. The average Bonchev–Trinajstić information content (AvgIpc) is 2.99. The molecular weight excluding hydrogens is 341 g/mol. The lowest BCUT2D eigenvalue weighted by Crippen LogP contribution is -2.28. The van der Waals surface area contributed by atoms with E-state index in [1.807, 2.05) is 0 Å². The SMILES string of the molecule is Cc1ccc(N2C[C@@H](C(=O)Nc3ccc(F)cc3)CC2=O)cc1[N+](=O)[O-]. The molecule has 0 spiro atoms. The maximum Gasteiger partial charge on any atom is 0.274 e. The number of nitrogens with zero attached hydrogens (tertiary/aromatic N) is 2. The number of aryl methyl sites for hydroxylation is 1. The molecule has 0 aromatic heterocycles.